The first kappa shape index (κ1) is 12.8. The lowest BCUT2D eigenvalue weighted by Crippen LogP contribution is -2.28. The normalized spacial score (nSPS) is 16.8. The SMILES string of the molecule is N#Cc1cc(F)c(N2CCCCCCC2)c(F)c1. The van der Waals surface area contributed by atoms with E-state index < -0.39 is 11.6 Å². The third-order valence-corrected chi connectivity index (χ3v) is 3.32. The Labute approximate surface area is 106 Å². The van der Waals surface area contributed by atoms with Gasteiger partial charge in [0.1, 0.15) is 5.69 Å². The van der Waals surface area contributed by atoms with Gasteiger partial charge in [-0.25, -0.2) is 8.78 Å². The minimum atomic E-state index is -0.632. The second kappa shape index (κ2) is 5.81. The van der Waals surface area contributed by atoms with Crippen LogP contribution >= 0.6 is 0 Å². The summed E-state index contributed by atoms with van der Waals surface area (Å²) in [7, 11) is 0. The zero-order valence-electron chi connectivity index (χ0n) is 10.3. The Bertz CT molecular complexity index is 434. The molecular weight excluding hydrogens is 234 g/mol. The number of hydrogen-bond donors (Lipinski definition) is 0. The molecule has 2 rings (SSSR count). The van der Waals surface area contributed by atoms with Gasteiger partial charge in [-0.05, 0) is 25.0 Å². The van der Waals surface area contributed by atoms with E-state index in [-0.39, 0.29) is 11.3 Å². The summed E-state index contributed by atoms with van der Waals surface area (Å²) in [5.41, 5.74) is 0.0525. The first-order valence-corrected chi connectivity index (χ1v) is 6.36. The largest absolute Gasteiger partial charge is 0.367 e. The molecule has 1 fully saturated rings. The molecule has 0 bridgehead atoms. The summed E-state index contributed by atoms with van der Waals surface area (Å²) < 4.78 is 27.8. The molecule has 1 aliphatic heterocycles. The summed E-state index contributed by atoms with van der Waals surface area (Å²) in [4.78, 5) is 1.77. The lowest BCUT2D eigenvalue weighted by atomic mass is 10.1. The number of nitriles is 1. The van der Waals surface area contributed by atoms with Crippen molar-refractivity contribution in [2.24, 2.45) is 0 Å². The number of rotatable bonds is 1. The average Bonchev–Trinajstić information content (AvgIpc) is 2.30. The molecule has 0 aromatic heterocycles. The molecule has 0 unspecified atom stereocenters. The van der Waals surface area contributed by atoms with Crippen LogP contribution in [-0.2, 0) is 0 Å². The van der Waals surface area contributed by atoms with Crippen molar-refractivity contribution in [3.05, 3.63) is 29.3 Å². The number of benzene rings is 1. The predicted molar refractivity (Wildman–Crippen MR) is 66.4 cm³/mol. The summed E-state index contributed by atoms with van der Waals surface area (Å²) in [6.07, 6.45) is 5.33. The maximum Gasteiger partial charge on any atom is 0.150 e. The number of anilines is 1. The summed E-state index contributed by atoms with van der Waals surface area (Å²) in [6, 6.07) is 3.98. The minimum absolute atomic E-state index is 0.0240. The van der Waals surface area contributed by atoms with E-state index in [0.717, 1.165) is 37.8 Å². The monoisotopic (exact) mass is 250 g/mol. The van der Waals surface area contributed by atoms with E-state index in [4.69, 9.17) is 5.26 Å². The summed E-state index contributed by atoms with van der Waals surface area (Å²) in [5, 5.41) is 8.67. The van der Waals surface area contributed by atoms with Crippen molar-refractivity contribution in [3.63, 3.8) is 0 Å². The Morgan fingerprint density at radius 2 is 1.44 bits per heavy atom. The Kier molecular flexibility index (Phi) is 4.14. The van der Waals surface area contributed by atoms with Gasteiger partial charge in [0, 0.05) is 13.1 Å². The van der Waals surface area contributed by atoms with Crippen LogP contribution in [-0.4, -0.2) is 13.1 Å². The molecule has 0 saturated carbocycles. The van der Waals surface area contributed by atoms with E-state index in [9.17, 15) is 8.78 Å². The molecular formula is C14H16F2N2. The summed E-state index contributed by atoms with van der Waals surface area (Å²) in [6.45, 7) is 1.36. The van der Waals surface area contributed by atoms with Gasteiger partial charge >= 0.3 is 0 Å². The molecule has 0 amide bonds. The van der Waals surface area contributed by atoms with Crippen molar-refractivity contribution in [2.75, 3.05) is 18.0 Å². The lowest BCUT2D eigenvalue weighted by molar-refractivity contribution is 0.526. The van der Waals surface area contributed by atoms with Crippen molar-refractivity contribution in [2.45, 2.75) is 32.1 Å². The minimum Gasteiger partial charge on any atom is -0.367 e. The highest BCUT2D eigenvalue weighted by Crippen LogP contribution is 2.26. The van der Waals surface area contributed by atoms with Crippen LogP contribution in [0.3, 0.4) is 0 Å². The first-order valence-electron chi connectivity index (χ1n) is 6.36. The fourth-order valence-electron chi connectivity index (χ4n) is 2.40. The summed E-state index contributed by atoms with van der Waals surface area (Å²) in [5.74, 6) is -1.26. The van der Waals surface area contributed by atoms with Crippen LogP contribution in [0.2, 0.25) is 0 Å². The van der Waals surface area contributed by atoms with Gasteiger partial charge in [0.05, 0.1) is 11.6 Å². The maximum atomic E-state index is 13.9. The molecule has 0 spiro atoms. The van der Waals surface area contributed by atoms with Crippen molar-refractivity contribution in [1.29, 1.82) is 5.26 Å². The lowest BCUT2D eigenvalue weighted by Gasteiger charge is -2.27. The quantitative estimate of drug-likeness (QED) is 0.761. The Hall–Kier alpha value is -1.63. The van der Waals surface area contributed by atoms with E-state index in [1.807, 2.05) is 0 Å². The molecule has 0 radical (unpaired) electrons. The third kappa shape index (κ3) is 2.79. The van der Waals surface area contributed by atoms with Crippen molar-refractivity contribution in [3.8, 4) is 6.07 Å². The highest BCUT2D eigenvalue weighted by Gasteiger charge is 2.18. The average molecular weight is 250 g/mol. The van der Waals surface area contributed by atoms with Gasteiger partial charge in [-0.3, -0.25) is 0 Å². The second-order valence-corrected chi connectivity index (χ2v) is 4.66. The highest BCUT2D eigenvalue weighted by atomic mass is 19.1. The van der Waals surface area contributed by atoms with Crippen LogP contribution in [0, 0.1) is 23.0 Å². The van der Waals surface area contributed by atoms with Crippen molar-refractivity contribution < 1.29 is 8.78 Å². The van der Waals surface area contributed by atoms with E-state index in [1.54, 1.807) is 11.0 Å². The van der Waals surface area contributed by atoms with Gasteiger partial charge in [0.25, 0.3) is 0 Å². The van der Waals surface area contributed by atoms with Gasteiger partial charge in [0.2, 0.25) is 0 Å². The standard InChI is InChI=1S/C14H16F2N2/c15-12-8-11(10-17)9-13(16)14(12)18-6-4-2-1-3-5-7-18/h8-9H,1-7H2. The molecule has 1 saturated heterocycles. The van der Waals surface area contributed by atoms with Gasteiger partial charge in [-0.1, -0.05) is 19.3 Å². The van der Waals surface area contributed by atoms with Gasteiger partial charge in [-0.15, -0.1) is 0 Å². The van der Waals surface area contributed by atoms with Crippen molar-refractivity contribution in [1.82, 2.24) is 0 Å². The molecule has 0 aliphatic carbocycles. The molecule has 1 heterocycles. The second-order valence-electron chi connectivity index (χ2n) is 4.66. The maximum absolute atomic E-state index is 13.9. The molecule has 18 heavy (non-hydrogen) atoms. The van der Waals surface area contributed by atoms with Crippen LogP contribution in [0.5, 0.6) is 0 Å². The Balaban J connectivity index is 2.28. The van der Waals surface area contributed by atoms with E-state index in [2.05, 4.69) is 0 Å². The van der Waals surface area contributed by atoms with Crippen LogP contribution < -0.4 is 4.90 Å². The smallest absolute Gasteiger partial charge is 0.150 e. The van der Waals surface area contributed by atoms with E-state index in [0.29, 0.717) is 13.1 Å². The fraction of sp³-hybridized carbons (Fsp3) is 0.500. The molecule has 1 aromatic rings. The van der Waals surface area contributed by atoms with Crippen LogP contribution in [0.1, 0.15) is 37.7 Å². The van der Waals surface area contributed by atoms with E-state index in [1.165, 1.54) is 6.42 Å². The molecule has 4 heteroatoms. The fourth-order valence-corrected chi connectivity index (χ4v) is 2.40. The topological polar surface area (TPSA) is 27.0 Å². The summed E-state index contributed by atoms with van der Waals surface area (Å²) >= 11 is 0. The molecule has 2 nitrogen and oxygen atoms in total. The number of hydrogen-bond acceptors (Lipinski definition) is 2. The van der Waals surface area contributed by atoms with E-state index >= 15 is 0 Å². The third-order valence-electron chi connectivity index (χ3n) is 3.32. The molecule has 0 atom stereocenters. The Morgan fingerprint density at radius 1 is 0.944 bits per heavy atom. The van der Waals surface area contributed by atoms with Gasteiger partial charge in [-0.2, -0.15) is 5.26 Å². The number of halogens is 2. The zero-order chi connectivity index (χ0) is 13.0. The first-order chi connectivity index (χ1) is 8.72. The van der Waals surface area contributed by atoms with Crippen LogP contribution in [0.15, 0.2) is 12.1 Å². The van der Waals surface area contributed by atoms with Gasteiger partial charge < -0.3 is 4.90 Å². The van der Waals surface area contributed by atoms with Crippen LogP contribution in [0.4, 0.5) is 14.5 Å². The molecule has 0 N–H and O–H groups in total. The van der Waals surface area contributed by atoms with Gasteiger partial charge in [0.15, 0.2) is 11.6 Å². The molecule has 1 aliphatic rings. The predicted octanol–water partition coefficient (Wildman–Crippen LogP) is 3.61. The van der Waals surface area contributed by atoms with Crippen LogP contribution in [0.25, 0.3) is 0 Å². The zero-order valence-corrected chi connectivity index (χ0v) is 10.3. The highest BCUT2D eigenvalue weighted by molar-refractivity contribution is 5.52. The van der Waals surface area contributed by atoms with Crippen molar-refractivity contribution >= 4 is 5.69 Å². The number of nitrogens with zero attached hydrogens (tertiary/aromatic N) is 2. The molecule has 1 aromatic carbocycles. The molecule has 96 valence electrons. The Morgan fingerprint density at radius 3 is 1.94 bits per heavy atom.